The normalized spacial score (nSPS) is 16.2. The van der Waals surface area contributed by atoms with Gasteiger partial charge in [-0.25, -0.2) is 4.98 Å². The number of aromatic nitrogens is 1. The first-order valence-electron chi connectivity index (χ1n) is 7.33. The lowest BCUT2D eigenvalue weighted by atomic mass is 9.84. The van der Waals surface area contributed by atoms with Crippen molar-refractivity contribution in [2.24, 2.45) is 0 Å². The summed E-state index contributed by atoms with van der Waals surface area (Å²) < 4.78 is 16.4. The van der Waals surface area contributed by atoms with Crippen molar-refractivity contribution in [3.63, 3.8) is 0 Å². The summed E-state index contributed by atoms with van der Waals surface area (Å²) in [7, 11) is 4.64. The number of hydrogen-bond acceptors (Lipinski definition) is 5. The molecule has 126 valence electrons. The standard InChI is InChI=1S/C17H17ClN2O4/c1-22-12-8-11-15(17(24-3)16(12)23-2)10(7-14(21)20-11)9-4-5-19-13(18)6-9/h4-6,8,10H,7H2,1-3H3,(H,20,21). The number of nitrogens with zero attached hydrogens (tertiary/aromatic N) is 1. The minimum absolute atomic E-state index is 0.0882. The summed E-state index contributed by atoms with van der Waals surface area (Å²) in [6.45, 7) is 0. The topological polar surface area (TPSA) is 69.7 Å². The summed E-state index contributed by atoms with van der Waals surface area (Å²) in [6.07, 6.45) is 1.90. The zero-order valence-corrected chi connectivity index (χ0v) is 14.3. The number of halogens is 1. The third-order valence-electron chi connectivity index (χ3n) is 4.03. The molecule has 2 aromatic rings. The number of amides is 1. The Hall–Kier alpha value is -2.47. The van der Waals surface area contributed by atoms with Crippen LogP contribution in [0.5, 0.6) is 17.2 Å². The van der Waals surface area contributed by atoms with Crippen LogP contribution in [0.1, 0.15) is 23.5 Å². The van der Waals surface area contributed by atoms with Crippen LogP contribution in [0.25, 0.3) is 0 Å². The number of anilines is 1. The Morgan fingerprint density at radius 3 is 2.54 bits per heavy atom. The number of rotatable bonds is 4. The Morgan fingerprint density at radius 2 is 1.92 bits per heavy atom. The molecule has 1 atom stereocenters. The van der Waals surface area contributed by atoms with E-state index in [1.54, 1.807) is 32.5 Å². The van der Waals surface area contributed by atoms with E-state index in [0.717, 1.165) is 11.1 Å². The highest BCUT2D eigenvalue weighted by atomic mass is 35.5. The molecule has 24 heavy (non-hydrogen) atoms. The van der Waals surface area contributed by atoms with E-state index in [4.69, 9.17) is 25.8 Å². The van der Waals surface area contributed by atoms with Crippen LogP contribution in [0.4, 0.5) is 5.69 Å². The van der Waals surface area contributed by atoms with Crippen LogP contribution in [0.2, 0.25) is 5.15 Å². The number of carbonyl (C=O) groups is 1. The molecule has 1 aliphatic rings. The second kappa shape index (κ2) is 6.57. The zero-order chi connectivity index (χ0) is 17.3. The highest BCUT2D eigenvalue weighted by molar-refractivity contribution is 6.29. The molecule has 1 unspecified atom stereocenters. The Bertz CT molecular complexity index is 794. The van der Waals surface area contributed by atoms with Crippen molar-refractivity contribution in [3.05, 3.63) is 40.7 Å². The molecule has 1 N–H and O–H groups in total. The van der Waals surface area contributed by atoms with Crippen LogP contribution in [0, 0.1) is 0 Å². The van der Waals surface area contributed by atoms with Gasteiger partial charge in [-0.15, -0.1) is 0 Å². The minimum atomic E-state index is -0.219. The maximum atomic E-state index is 12.2. The van der Waals surface area contributed by atoms with Crippen LogP contribution in [-0.4, -0.2) is 32.2 Å². The molecule has 1 aromatic carbocycles. The van der Waals surface area contributed by atoms with Crippen molar-refractivity contribution >= 4 is 23.2 Å². The molecule has 1 aliphatic heterocycles. The second-order valence-electron chi connectivity index (χ2n) is 5.32. The summed E-state index contributed by atoms with van der Waals surface area (Å²) in [4.78, 5) is 16.2. The van der Waals surface area contributed by atoms with Crippen molar-refractivity contribution in [2.75, 3.05) is 26.6 Å². The molecule has 0 fully saturated rings. The monoisotopic (exact) mass is 348 g/mol. The average molecular weight is 349 g/mol. The van der Waals surface area contributed by atoms with E-state index in [2.05, 4.69) is 10.3 Å². The molecule has 0 radical (unpaired) electrons. The first-order valence-corrected chi connectivity index (χ1v) is 7.71. The van der Waals surface area contributed by atoms with Crippen molar-refractivity contribution in [2.45, 2.75) is 12.3 Å². The van der Waals surface area contributed by atoms with Crippen LogP contribution < -0.4 is 19.5 Å². The molecule has 2 heterocycles. The first-order chi connectivity index (χ1) is 11.6. The van der Waals surface area contributed by atoms with Gasteiger partial charge in [-0.05, 0) is 17.7 Å². The van der Waals surface area contributed by atoms with Gasteiger partial charge >= 0.3 is 0 Å². The molecule has 0 saturated carbocycles. The van der Waals surface area contributed by atoms with Crippen LogP contribution in [0.15, 0.2) is 24.4 Å². The first kappa shape index (κ1) is 16.4. The summed E-state index contributed by atoms with van der Waals surface area (Å²) in [6, 6.07) is 5.34. The third-order valence-corrected chi connectivity index (χ3v) is 4.24. The van der Waals surface area contributed by atoms with Crippen molar-refractivity contribution in [3.8, 4) is 17.2 Å². The smallest absolute Gasteiger partial charge is 0.225 e. The highest BCUT2D eigenvalue weighted by Crippen LogP contribution is 2.51. The number of pyridine rings is 1. The van der Waals surface area contributed by atoms with Gasteiger partial charge in [0.2, 0.25) is 11.7 Å². The SMILES string of the molecule is COc1cc2c(c(OC)c1OC)C(c1ccnc(Cl)c1)CC(=O)N2. The Labute approximate surface area is 144 Å². The minimum Gasteiger partial charge on any atom is -0.493 e. The lowest BCUT2D eigenvalue weighted by molar-refractivity contribution is -0.116. The van der Waals surface area contributed by atoms with E-state index >= 15 is 0 Å². The maximum Gasteiger partial charge on any atom is 0.225 e. The van der Waals surface area contributed by atoms with Gasteiger partial charge in [-0.2, -0.15) is 0 Å². The summed E-state index contributed by atoms with van der Waals surface area (Å²) in [5.74, 6) is 1.20. The van der Waals surface area contributed by atoms with Crippen molar-refractivity contribution < 1.29 is 19.0 Å². The predicted octanol–water partition coefficient (Wildman–Crippen LogP) is 3.23. The molecule has 6 nitrogen and oxygen atoms in total. The number of hydrogen-bond donors (Lipinski definition) is 1. The quantitative estimate of drug-likeness (QED) is 0.859. The van der Waals surface area contributed by atoms with Gasteiger partial charge in [0.15, 0.2) is 11.5 Å². The molecule has 0 bridgehead atoms. The van der Waals surface area contributed by atoms with Gasteiger partial charge in [0.25, 0.3) is 0 Å². The lowest BCUT2D eigenvalue weighted by Crippen LogP contribution is -2.24. The van der Waals surface area contributed by atoms with Gasteiger partial charge in [-0.3, -0.25) is 4.79 Å². The van der Waals surface area contributed by atoms with Gasteiger partial charge in [-0.1, -0.05) is 11.6 Å². The number of ether oxygens (including phenoxy) is 3. The molecule has 0 aliphatic carbocycles. The lowest BCUT2D eigenvalue weighted by Gasteiger charge is -2.29. The van der Waals surface area contributed by atoms with Crippen LogP contribution in [-0.2, 0) is 4.79 Å². The molecule has 0 saturated heterocycles. The van der Waals surface area contributed by atoms with E-state index < -0.39 is 0 Å². The summed E-state index contributed by atoms with van der Waals surface area (Å²) in [5.41, 5.74) is 2.35. The van der Waals surface area contributed by atoms with E-state index in [9.17, 15) is 4.79 Å². The van der Waals surface area contributed by atoms with E-state index in [1.165, 1.54) is 7.11 Å². The van der Waals surface area contributed by atoms with Crippen molar-refractivity contribution in [1.29, 1.82) is 0 Å². The highest BCUT2D eigenvalue weighted by Gasteiger charge is 2.33. The number of benzene rings is 1. The summed E-state index contributed by atoms with van der Waals surface area (Å²) in [5, 5.41) is 3.25. The number of fused-ring (bicyclic) bond motifs is 1. The van der Waals surface area contributed by atoms with Crippen LogP contribution >= 0.6 is 11.6 Å². The molecule has 0 spiro atoms. The fourth-order valence-corrected chi connectivity index (χ4v) is 3.22. The zero-order valence-electron chi connectivity index (χ0n) is 13.6. The molecule has 1 aromatic heterocycles. The molecule has 3 rings (SSSR count). The fourth-order valence-electron chi connectivity index (χ4n) is 3.04. The Balaban J connectivity index is 2.25. The maximum absolute atomic E-state index is 12.2. The number of methoxy groups -OCH3 is 3. The Morgan fingerprint density at radius 1 is 1.17 bits per heavy atom. The average Bonchev–Trinajstić information content (AvgIpc) is 2.59. The van der Waals surface area contributed by atoms with Gasteiger partial charge < -0.3 is 19.5 Å². The van der Waals surface area contributed by atoms with E-state index in [1.807, 2.05) is 6.07 Å². The largest absolute Gasteiger partial charge is 0.493 e. The van der Waals surface area contributed by atoms with Crippen molar-refractivity contribution in [1.82, 2.24) is 4.98 Å². The second-order valence-corrected chi connectivity index (χ2v) is 5.71. The molecular formula is C17H17ClN2O4. The molecule has 1 amide bonds. The molecule has 7 heteroatoms. The van der Waals surface area contributed by atoms with Crippen LogP contribution in [0.3, 0.4) is 0 Å². The number of nitrogens with one attached hydrogen (secondary N) is 1. The van der Waals surface area contributed by atoms with Gasteiger partial charge in [0, 0.05) is 30.2 Å². The predicted molar refractivity (Wildman–Crippen MR) is 90.4 cm³/mol. The van der Waals surface area contributed by atoms with Gasteiger partial charge in [0.1, 0.15) is 5.15 Å². The summed E-state index contributed by atoms with van der Waals surface area (Å²) >= 11 is 6.02. The fraction of sp³-hybridized carbons (Fsp3) is 0.294. The third kappa shape index (κ3) is 2.73. The molecular weight excluding hydrogens is 332 g/mol. The number of carbonyl (C=O) groups excluding carboxylic acids is 1. The van der Waals surface area contributed by atoms with Gasteiger partial charge in [0.05, 0.1) is 27.0 Å². The Kier molecular flexibility index (Phi) is 4.49. The van der Waals surface area contributed by atoms with E-state index in [0.29, 0.717) is 28.1 Å². The van der Waals surface area contributed by atoms with E-state index in [-0.39, 0.29) is 18.2 Å².